The molecule has 0 aromatic heterocycles. The van der Waals surface area contributed by atoms with Crippen LogP contribution in [-0.2, 0) is 0 Å². The van der Waals surface area contributed by atoms with Gasteiger partial charge >= 0.3 is 0 Å². The van der Waals surface area contributed by atoms with E-state index in [1.54, 1.807) is 0 Å². The van der Waals surface area contributed by atoms with Crippen molar-refractivity contribution in [3.05, 3.63) is 144 Å². The van der Waals surface area contributed by atoms with Gasteiger partial charge in [-0.15, -0.1) is 0 Å². The molecule has 0 aliphatic carbocycles. The molecule has 0 N–H and O–H groups in total. The molecule has 0 spiro atoms. The molecule has 142 valence electrons. The molecule has 1 nitrogen and oxygen atoms in total. The van der Waals surface area contributed by atoms with Crippen molar-refractivity contribution in [2.75, 3.05) is 0 Å². The van der Waals surface area contributed by atoms with Crippen LogP contribution < -0.4 is 0 Å². The Hall–Kier alpha value is -3.45. The van der Waals surface area contributed by atoms with Gasteiger partial charge in [-0.05, 0) is 16.7 Å². The average Bonchev–Trinajstić information content (AvgIpc) is 2.81. The molecule has 0 amide bonds. The number of rotatable bonds is 7. The lowest BCUT2D eigenvalue weighted by molar-refractivity contribution is 0.0971. The second-order valence-electron chi connectivity index (χ2n) is 7.31. The molecule has 0 saturated carbocycles. The smallest absolute Gasteiger partial charge is 0.163 e. The molecule has 0 aliphatic rings. The second-order valence-corrected chi connectivity index (χ2v) is 7.31. The summed E-state index contributed by atoms with van der Waals surface area (Å²) in [6, 6.07) is 41.1. The van der Waals surface area contributed by atoms with E-state index in [2.05, 4.69) is 72.8 Å². The minimum atomic E-state index is 0.0497. The van der Waals surface area contributed by atoms with Crippen LogP contribution in [0.2, 0.25) is 0 Å². The van der Waals surface area contributed by atoms with Crippen LogP contribution in [0.25, 0.3) is 0 Å². The van der Waals surface area contributed by atoms with Crippen LogP contribution in [-0.4, -0.2) is 5.78 Å². The third kappa shape index (κ3) is 4.52. The zero-order chi connectivity index (χ0) is 19.9. The Bertz CT molecular complexity index is 985. The molecule has 0 heterocycles. The first-order chi connectivity index (χ1) is 14.3. The predicted molar refractivity (Wildman–Crippen MR) is 119 cm³/mol. The summed E-state index contributed by atoms with van der Waals surface area (Å²) in [7, 11) is 0. The van der Waals surface area contributed by atoms with Crippen molar-refractivity contribution in [2.24, 2.45) is 0 Å². The van der Waals surface area contributed by atoms with Crippen molar-refractivity contribution in [1.82, 2.24) is 0 Å². The van der Waals surface area contributed by atoms with Crippen LogP contribution in [0.1, 0.15) is 45.3 Å². The summed E-state index contributed by atoms with van der Waals surface area (Å²) in [5, 5.41) is 0. The van der Waals surface area contributed by atoms with E-state index in [9.17, 15) is 4.79 Å². The van der Waals surface area contributed by atoms with Gasteiger partial charge in [-0.25, -0.2) is 0 Å². The van der Waals surface area contributed by atoms with Gasteiger partial charge in [0.2, 0.25) is 0 Å². The van der Waals surface area contributed by atoms with Gasteiger partial charge in [0.1, 0.15) is 0 Å². The van der Waals surface area contributed by atoms with Gasteiger partial charge in [-0.1, -0.05) is 121 Å². The number of carbonyl (C=O) groups excluding carboxylic acids is 1. The first-order valence-corrected chi connectivity index (χ1v) is 10.1. The third-order valence-electron chi connectivity index (χ3n) is 5.45. The monoisotopic (exact) mass is 376 g/mol. The van der Waals surface area contributed by atoms with Crippen molar-refractivity contribution in [3.8, 4) is 0 Å². The third-order valence-corrected chi connectivity index (χ3v) is 5.45. The highest BCUT2D eigenvalue weighted by Crippen LogP contribution is 2.41. The molecular formula is C28H24O. The first-order valence-electron chi connectivity index (χ1n) is 10.1. The van der Waals surface area contributed by atoms with E-state index < -0.39 is 0 Å². The van der Waals surface area contributed by atoms with Gasteiger partial charge in [-0.3, -0.25) is 4.79 Å². The SMILES string of the molecule is O=C(CC(c1ccccc1)C(c1ccccc1)c1ccccc1)c1ccccc1. The Balaban J connectivity index is 1.80. The summed E-state index contributed by atoms with van der Waals surface area (Å²) in [6.45, 7) is 0. The first kappa shape index (κ1) is 18.9. The van der Waals surface area contributed by atoms with Crippen LogP contribution in [0, 0.1) is 0 Å². The number of ketones is 1. The standard InChI is InChI=1S/C28H24O/c29-27(23-15-7-2-8-16-23)21-26(22-13-5-1-6-14-22)28(24-17-9-3-10-18-24)25-19-11-4-12-20-25/h1-20,26,28H,21H2. The quantitative estimate of drug-likeness (QED) is 0.321. The summed E-state index contributed by atoms with van der Waals surface area (Å²) in [5.41, 5.74) is 4.42. The van der Waals surface area contributed by atoms with Crippen molar-refractivity contribution in [3.63, 3.8) is 0 Å². The van der Waals surface area contributed by atoms with E-state index in [1.807, 2.05) is 48.5 Å². The maximum absolute atomic E-state index is 13.2. The number of hydrogen-bond donors (Lipinski definition) is 0. The Labute approximate surface area is 172 Å². The average molecular weight is 376 g/mol. The van der Waals surface area contributed by atoms with Gasteiger partial charge in [0.05, 0.1) is 0 Å². The molecule has 0 bridgehead atoms. The topological polar surface area (TPSA) is 17.1 Å². The van der Waals surface area contributed by atoms with Crippen LogP contribution >= 0.6 is 0 Å². The fourth-order valence-corrected chi connectivity index (χ4v) is 4.05. The summed E-state index contributed by atoms with van der Waals surface area (Å²) in [5.74, 6) is 0.331. The van der Waals surface area contributed by atoms with Gasteiger partial charge < -0.3 is 0 Å². The fraction of sp³-hybridized carbons (Fsp3) is 0.107. The minimum Gasteiger partial charge on any atom is -0.294 e. The Morgan fingerprint density at radius 3 is 1.34 bits per heavy atom. The van der Waals surface area contributed by atoms with E-state index in [4.69, 9.17) is 0 Å². The van der Waals surface area contributed by atoms with Crippen LogP contribution in [0.5, 0.6) is 0 Å². The Kier molecular flexibility index (Phi) is 5.97. The van der Waals surface area contributed by atoms with Gasteiger partial charge in [0, 0.05) is 23.8 Å². The molecule has 4 aromatic carbocycles. The van der Waals surface area contributed by atoms with E-state index in [1.165, 1.54) is 16.7 Å². The Morgan fingerprint density at radius 2 is 0.897 bits per heavy atom. The van der Waals surface area contributed by atoms with Gasteiger partial charge in [0.25, 0.3) is 0 Å². The molecule has 29 heavy (non-hydrogen) atoms. The maximum atomic E-state index is 13.2. The van der Waals surface area contributed by atoms with E-state index in [0.29, 0.717) is 6.42 Å². The molecular weight excluding hydrogens is 352 g/mol. The fourth-order valence-electron chi connectivity index (χ4n) is 4.05. The summed E-state index contributed by atoms with van der Waals surface area (Å²) < 4.78 is 0. The zero-order valence-electron chi connectivity index (χ0n) is 16.3. The van der Waals surface area contributed by atoms with Crippen LogP contribution in [0.3, 0.4) is 0 Å². The Morgan fingerprint density at radius 1 is 0.517 bits per heavy atom. The van der Waals surface area contributed by atoms with Gasteiger partial charge in [-0.2, -0.15) is 0 Å². The molecule has 0 radical (unpaired) electrons. The molecule has 4 rings (SSSR count). The summed E-state index contributed by atoms with van der Waals surface area (Å²) in [6.07, 6.45) is 0.461. The molecule has 1 unspecified atom stereocenters. The van der Waals surface area contributed by atoms with Crippen LogP contribution in [0.4, 0.5) is 0 Å². The summed E-state index contributed by atoms with van der Waals surface area (Å²) in [4.78, 5) is 13.2. The summed E-state index contributed by atoms with van der Waals surface area (Å²) >= 11 is 0. The van der Waals surface area contributed by atoms with Crippen molar-refractivity contribution < 1.29 is 4.79 Å². The van der Waals surface area contributed by atoms with Crippen molar-refractivity contribution in [2.45, 2.75) is 18.3 Å². The molecule has 0 aliphatic heterocycles. The molecule has 1 atom stereocenters. The van der Waals surface area contributed by atoms with E-state index >= 15 is 0 Å². The predicted octanol–water partition coefficient (Wildman–Crippen LogP) is 6.88. The van der Waals surface area contributed by atoms with Gasteiger partial charge in [0.15, 0.2) is 5.78 Å². The molecule has 0 saturated heterocycles. The lowest BCUT2D eigenvalue weighted by Gasteiger charge is -2.28. The number of Topliss-reactive ketones (excluding diaryl/α,β-unsaturated/α-hetero) is 1. The lowest BCUT2D eigenvalue weighted by Crippen LogP contribution is -2.17. The van der Waals surface area contributed by atoms with Crippen LogP contribution in [0.15, 0.2) is 121 Å². The lowest BCUT2D eigenvalue weighted by atomic mass is 9.74. The van der Waals surface area contributed by atoms with Crippen molar-refractivity contribution in [1.29, 1.82) is 0 Å². The largest absolute Gasteiger partial charge is 0.294 e. The minimum absolute atomic E-state index is 0.0497. The normalized spacial score (nSPS) is 11.9. The number of hydrogen-bond acceptors (Lipinski definition) is 1. The van der Waals surface area contributed by atoms with Crippen molar-refractivity contribution >= 4 is 5.78 Å². The zero-order valence-corrected chi connectivity index (χ0v) is 16.3. The highest BCUT2D eigenvalue weighted by molar-refractivity contribution is 5.96. The van der Waals surface area contributed by atoms with E-state index in [0.717, 1.165) is 5.56 Å². The molecule has 4 aromatic rings. The highest BCUT2D eigenvalue weighted by atomic mass is 16.1. The second kappa shape index (κ2) is 9.16. The maximum Gasteiger partial charge on any atom is 0.163 e. The number of benzene rings is 4. The van der Waals surface area contributed by atoms with E-state index in [-0.39, 0.29) is 17.6 Å². The highest BCUT2D eigenvalue weighted by Gasteiger charge is 2.28. The number of carbonyl (C=O) groups is 1. The molecule has 1 heteroatoms. The molecule has 0 fully saturated rings.